The summed E-state index contributed by atoms with van der Waals surface area (Å²) in [4.78, 5) is 2.45. The van der Waals surface area contributed by atoms with E-state index in [4.69, 9.17) is 4.42 Å². The molecule has 0 amide bonds. The van der Waals surface area contributed by atoms with Crippen molar-refractivity contribution in [1.82, 2.24) is 0 Å². The van der Waals surface area contributed by atoms with E-state index in [0.29, 0.717) is 0 Å². The highest BCUT2D eigenvalue weighted by Gasteiger charge is 2.45. The molecule has 0 spiro atoms. The van der Waals surface area contributed by atoms with Crippen LogP contribution < -0.4 is 15.3 Å². The lowest BCUT2D eigenvalue weighted by atomic mass is 9.59. The number of hydrogen-bond acceptors (Lipinski definition) is 2. The fourth-order valence-corrected chi connectivity index (χ4v) is 10.5. The summed E-state index contributed by atoms with van der Waals surface area (Å²) in [5.41, 5.74) is 17.0. The van der Waals surface area contributed by atoms with Crippen molar-refractivity contribution in [3.63, 3.8) is 0 Å². The van der Waals surface area contributed by atoms with Crippen LogP contribution in [-0.4, -0.2) is 0 Å². The van der Waals surface area contributed by atoms with Crippen molar-refractivity contribution in [2.24, 2.45) is 0 Å². The fourth-order valence-electron chi connectivity index (χ4n) is 10.5. The standard InChI is InChI=1S/C64H67NO/c1-15-18-50-54(65(48-33-29-44(30-34-48)62(9,10)11)49-35-31-45(32-36-49)63(12,13)14)39-37-52-57(50)41(2)64(46-25-21-42(22-26-46)60(3,4)5,47-27-23-43(24-28-47)61(6,7)8)53-38-40-56-59(58(52)53)51-19-16-17-20-55(51)66-56/h15-40H,1H2,2-14H3/b50-18-. The summed E-state index contributed by atoms with van der Waals surface area (Å²) in [6, 6.07) is 55.2. The Bertz CT molecular complexity index is 3140. The van der Waals surface area contributed by atoms with Crippen molar-refractivity contribution in [2.75, 3.05) is 4.90 Å². The van der Waals surface area contributed by atoms with E-state index >= 15 is 0 Å². The largest absolute Gasteiger partial charge is 0.456 e. The molecule has 1 heterocycles. The molecule has 0 radical (unpaired) electrons. The third kappa shape index (κ3) is 7.44. The van der Waals surface area contributed by atoms with Crippen LogP contribution in [0.4, 0.5) is 17.1 Å². The summed E-state index contributed by atoms with van der Waals surface area (Å²) < 4.78 is 6.73. The van der Waals surface area contributed by atoms with E-state index in [1.54, 1.807) is 0 Å². The summed E-state index contributed by atoms with van der Waals surface area (Å²) >= 11 is 0. The zero-order chi connectivity index (χ0) is 47.1. The van der Waals surface area contributed by atoms with Crippen LogP contribution >= 0.6 is 0 Å². The van der Waals surface area contributed by atoms with Gasteiger partial charge in [0, 0.05) is 27.4 Å². The lowest BCUT2D eigenvalue weighted by Gasteiger charge is -2.42. The maximum Gasteiger partial charge on any atom is 0.136 e. The summed E-state index contributed by atoms with van der Waals surface area (Å²) in [6.07, 6.45) is 4.21. The Morgan fingerprint density at radius 1 is 0.500 bits per heavy atom. The molecule has 7 aromatic carbocycles. The Morgan fingerprint density at radius 2 is 0.955 bits per heavy atom. The molecule has 2 nitrogen and oxygen atoms in total. The molecule has 0 fully saturated rings. The second kappa shape index (κ2) is 15.9. The molecule has 1 aliphatic rings. The molecule has 66 heavy (non-hydrogen) atoms. The highest BCUT2D eigenvalue weighted by molar-refractivity contribution is 6.15. The zero-order valence-electron chi connectivity index (χ0n) is 41.6. The predicted molar refractivity (Wildman–Crippen MR) is 284 cm³/mol. The van der Waals surface area contributed by atoms with Gasteiger partial charge >= 0.3 is 0 Å². The number of nitrogens with zero attached hydrogens (tertiary/aromatic N) is 1. The third-order valence-corrected chi connectivity index (χ3v) is 14.3. The smallest absolute Gasteiger partial charge is 0.136 e. The highest BCUT2D eigenvalue weighted by atomic mass is 16.3. The van der Waals surface area contributed by atoms with Crippen LogP contribution in [0.1, 0.15) is 129 Å². The average Bonchev–Trinajstić information content (AvgIpc) is 3.66. The van der Waals surface area contributed by atoms with Crippen molar-refractivity contribution in [3.8, 4) is 11.1 Å². The molecule has 0 saturated heterocycles. The van der Waals surface area contributed by atoms with Gasteiger partial charge in [-0.2, -0.15) is 0 Å². The van der Waals surface area contributed by atoms with E-state index < -0.39 is 5.41 Å². The van der Waals surface area contributed by atoms with Crippen molar-refractivity contribution >= 4 is 50.6 Å². The van der Waals surface area contributed by atoms with Crippen LogP contribution in [0.25, 0.3) is 44.7 Å². The van der Waals surface area contributed by atoms with Crippen LogP contribution in [-0.2, 0) is 27.1 Å². The van der Waals surface area contributed by atoms with Gasteiger partial charge in [-0.1, -0.05) is 205 Å². The molecule has 0 atom stereocenters. The Balaban J connectivity index is 1.47. The maximum absolute atomic E-state index is 6.73. The summed E-state index contributed by atoms with van der Waals surface area (Å²) in [5, 5.41) is 4.59. The SMILES string of the molecule is C=C/C=c1/c(N(c2ccc(C(C)(C)C)cc2)c2ccc(C(C)(C)C)cc2)ccc2c1=C(C)C(c1ccc(C(C)(C)C)cc1)(c1ccc(C(C)(C)C)cc1)c1ccc3oc4ccccc4c3c1-2. The quantitative estimate of drug-likeness (QED) is 0.166. The molecule has 0 N–H and O–H groups in total. The second-order valence-corrected chi connectivity index (χ2v) is 22.7. The maximum atomic E-state index is 6.73. The molecule has 1 aliphatic carbocycles. The molecule has 9 rings (SSSR count). The first-order valence-corrected chi connectivity index (χ1v) is 23.8. The average molecular weight is 866 g/mol. The molecule has 0 aliphatic heterocycles. The van der Waals surface area contributed by atoms with Gasteiger partial charge in [-0.3, -0.25) is 0 Å². The molecule has 2 heteroatoms. The van der Waals surface area contributed by atoms with Gasteiger partial charge in [0.2, 0.25) is 0 Å². The number of furan rings is 1. The van der Waals surface area contributed by atoms with Crippen LogP contribution in [0.3, 0.4) is 0 Å². The Kier molecular flexibility index (Phi) is 10.8. The third-order valence-electron chi connectivity index (χ3n) is 14.3. The van der Waals surface area contributed by atoms with Crippen molar-refractivity contribution < 1.29 is 4.42 Å². The first kappa shape index (κ1) is 44.8. The summed E-state index contributed by atoms with van der Waals surface area (Å²) in [6.45, 7) is 34.2. The van der Waals surface area contributed by atoms with Gasteiger partial charge in [-0.25, -0.2) is 0 Å². The minimum absolute atomic E-state index is 0.00162. The normalized spacial score (nSPS) is 14.4. The first-order chi connectivity index (χ1) is 31.1. The topological polar surface area (TPSA) is 16.4 Å². The van der Waals surface area contributed by atoms with E-state index in [2.05, 4.69) is 253 Å². The minimum atomic E-state index is -0.683. The Labute approximate surface area is 394 Å². The molecule has 0 unspecified atom stereocenters. The minimum Gasteiger partial charge on any atom is -0.456 e. The van der Waals surface area contributed by atoms with Gasteiger partial charge < -0.3 is 9.32 Å². The van der Waals surface area contributed by atoms with Gasteiger partial charge in [0.1, 0.15) is 11.2 Å². The lowest BCUT2D eigenvalue weighted by molar-refractivity contribution is 0.588. The number of fused-ring (bicyclic) bond motifs is 7. The number of para-hydroxylation sites is 1. The molecule has 8 aromatic rings. The van der Waals surface area contributed by atoms with E-state index in [9.17, 15) is 0 Å². The van der Waals surface area contributed by atoms with E-state index in [1.807, 2.05) is 6.08 Å². The van der Waals surface area contributed by atoms with Crippen molar-refractivity contribution in [1.29, 1.82) is 0 Å². The second-order valence-electron chi connectivity index (χ2n) is 22.7. The van der Waals surface area contributed by atoms with Gasteiger partial charge in [-0.05, 0) is 132 Å². The number of allylic oxidation sites excluding steroid dienone is 1. The van der Waals surface area contributed by atoms with E-state index in [0.717, 1.165) is 44.2 Å². The molecule has 0 bridgehead atoms. The molecule has 1 aromatic heterocycles. The van der Waals surface area contributed by atoms with Gasteiger partial charge in [0.25, 0.3) is 0 Å². The summed E-state index contributed by atoms with van der Waals surface area (Å²) in [5.74, 6) is 0. The van der Waals surface area contributed by atoms with Crippen LogP contribution in [0.5, 0.6) is 0 Å². The Morgan fingerprint density at radius 3 is 1.41 bits per heavy atom. The van der Waals surface area contributed by atoms with E-state index in [1.165, 1.54) is 60.9 Å². The van der Waals surface area contributed by atoms with Crippen LogP contribution in [0.2, 0.25) is 0 Å². The molecular weight excluding hydrogens is 799 g/mol. The first-order valence-electron chi connectivity index (χ1n) is 23.8. The monoisotopic (exact) mass is 866 g/mol. The van der Waals surface area contributed by atoms with Crippen molar-refractivity contribution in [2.45, 2.75) is 117 Å². The number of rotatable bonds is 6. The summed E-state index contributed by atoms with van der Waals surface area (Å²) in [7, 11) is 0. The van der Waals surface area contributed by atoms with Gasteiger partial charge in [-0.15, -0.1) is 0 Å². The van der Waals surface area contributed by atoms with Gasteiger partial charge in [0.05, 0.1) is 11.1 Å². The van der Waals surface area contributed by atoms with E-state index in [-0.39, 0.29) is 21.7 Å². The van der Waals surface area contributed by atoms with Crippen LogP contribution in [0.15, 0.2) is 163 Å². The predicted octanol–water partition coefficient (Wildman–Crippen LogP) is 16.4. The number of anilines is 3. The lowest BCUT2D eigenvalue weighted by Crippen LogP contribution is -2.44. The zero-order valence-corrected chi connectivity index (χ0v) is 41.6. The van der Waals surface area contributed by atoms with Crippen molar-refractivity contribution in [3.05, 3.63) is 208 Å². The molecular formula is C64H67NO. The fraction of sp³-hybridized carbons (Fsp3) is 0.281. The van der Waals surface area contributed by atoms with Crippen LogP contribution in [0, 0.1) is 0 Å². The highest BCUT2D eigenvalue weighted by Crippen LogP contribution is 2.54. The Hall–Kier alpha value is -6.38. The number of benzene rings is 7. The molecule has 0 saturated carbocycles. The number of hydrogen-bond donors (Lipinski definition) is 0. The van der Waals surface area contributed by atoms with Gasteiger partial charge in [0.15, 0.2) is 0 Å². The molecule has 334 valence electrons.